The fourth-order valence-corrected chi connectivity index (χ4v) is 3.73. The Morgan fingerprint density at radius 3 is 2.84 bits per heavy atom. The van der Waals surface area contributed by atoms with Crippen LogP contribution in [-0.4, -0.2) is 66.3 Å². The molecule has 2 aromatic heterocycles. The standard InChI is InChI=1S/C19H25N5O/c1-23(2)12-15-13-24(10-11-25-15)19-16-4-3-5-17(16)21-18(22-19)14-6-8-20-9-7-14/h6-9,15H,3-5,10-13H2,1-2H3. The number of aryl methyl sites for hydroxylation is 1. The molecule has 0 N–H and O–H groups in total. The van der Waals surface area contributed by atoms with E-state index in [1.165, 1.54) is 17.7 Å². The summed E-state index contributed by atoms with van der Waals surface area (Å²) >= 11 is 0. The van der Waals surface area contributed by atoms with Crippen molar-refractivity contribution in [1.29, 1.82) is 0 Å². The number of pyridine rings is 1. The number of nitrogens with zero attached hydrogens (tertiary/aromatic N) is 5. The molecule has 6 nitrogen and oxygen atoms in total. The summed E-state index contributed by atoms with van der Waals surface area (Å²) < 4.78 is 5.94. The molecular formula is C19H25N5O. The Hall–Kier alpha value is -2.05. The lowest BCUT2D eigenvalue weighted by atomic mass is 10.1. The molecule has 1 atom stereocenters. The topological polar surface area (TPSA) is 54.4 Å². The fourth-order valence-electron chi connectivity index (χ4n) is 3.73. The van der Waals surface area contributed by atoms with Gasteiger partial charge in [0.05, 0.1) is 12.7 Å². The van der Waals surface area contributed by atoms with Crippen molar-refractivity contribution in [2.75, 3.05) is 45.2 Å². The summed E-state index contributed by atoms with van der Waals surface area (Å²) in [5, 5.41) is 0. The number of hydrogen-bond acceptors (Lipinski definition) is 6. The molecule has 0 amide bonds. The zero-order valence-corrected chi connectivity index (χ0v) is 15.0. The molecule has 132 valence electrons. The summed E-state index contributed by atoms with van der Waals surface area (Å²) in [6.45, 7) is 3.46. The first-order valence-corrected chi connectivity index (χ1v) is 9.02. The molecule has 2 aromatic rings. The second-order valence-electron chi connectivity index (χ2n) is 7.09. The lowest BCUT2D eigenvalue weighted by molar-refractivity contribution is 0.0245. The van der Waals surface area contributed by atoms with E-state index in [4.69, 9.17) is 14.7 Å². The zero-order valence-electron chi connectivity index (χ0n) is 15.0. The van der Waals surface area contributed by atoms with Gasteiger partial charge in [-0.1, -0.05) is 0 Å². The van der Waals surface area contributed by atoms with Gasteiger partial charge >= 0.3 is 0 Å². The molecule has 1 aliphatic heterocycles. The van der Waals surface area contributed by atoms with E-state index in [1.54, 1.807) is 12.4 Å². The highest BCUT2D eigenvalue weighted by Crippen LogP contribution is 2.32. The van der Waals surface area contributed by atoms with Gasteiger partial charge in [0.25, 0.3) is 0 Å². The number of aromatic nitrogens is 3. The van der Waals surface area contributed by atoms with Crippen LogP contribution in [0.1, 0.15) is 17.7 Å². The van der Waals surface area contributed by atoms with Crippen LogP contribution in [0.5, 0.6) is 0 Å². The minimum atomic E-state index is 0.222. The van der Waals surface area contributed by atoms with E-state index in [0.717, 1.165) is 56.3 Å². The van der Waals surface area contributed by atoms with E-state index in [1.807, 2.05) is 12.1 Å². The Kier molecular flexibility index (Phi) is 4.63. The summed E-state index contributed by atoms with van der Waals surface area (Å²) in [5.74, 6) is 1.93. The number of anilines is 1. The smallest absolute Gasteiger partial charge is 0.161 e. The highest BCUT2D eigenvalue weighted by Gasteiger charge is 2.27. The van der Waals surface area contributed by atoms with Gasteiger partial charge in [0.15, 0.2) is 5.82 Å². The predicted molar refractivity (Wildman–Crippen MR) is 97.8 cm³/mol. The van der Waals surface area contributed by atoms with Gasteiger partial charge in [-0.15, -0.1) is 0 Å². The SMILES string of the molecule is CN(C)CC1CN(c2nc(-c3ccncc3)nc3c2CCC3)CCO1. The van der Waals surface area contributed by atoms with Crippen molar-refractivity contribution in [2.45, 2.75) is 25.4 Å². The zero-order chi connectivity index (χ0) is 17.2. The highest BCUT2D eigenvalue weighted by molar-refractivity contribution is 5.61. The third kappa shape index (κ3) is 3.50. The third-order valence-electron chi connectivity index (χ3n) is 4.86. The summed E-state index contributed by atoms with van der Waals surface area (Å²) in [6, 6.07) is 3.96. The molecule has 6 heteroatoms. The summed E-state index contributed by atoms with van der Waals surface area (Å²) in [4.78, 5) is 18.5. The molecule has 1 unspecified atom stereocenters. The van der Waals surface area contributed by atoms with Crippen LogP contribution in [0.4, 0.5) is 5.82 Å². The van der Waals surface area contributed by atoms with Gasteiger partial charge in [0.1, 0.15) is 5.82 Å². The van der Waals surface area contributed by atoms with Crippen molar-refractivity contribution < 1.29 is 4.74 Å². The maximum Gasteiger partial charge on any atom is 0.161 e. The first-order chi connectivity index (χ1) is 12.2. The average molecular weight is 339 g/mol. The summed E-state index contributed by atoms with van der Waals surface area (Å²) in [6.07, 6.45) is 7.12. The Bertz CT molecular complexity index is 734. The van der Waals surface area contributed by atoms with E-state index in [2.05, 4.69) is 28.9 Å². The van der Waals surface area contributed by atoms with Gasteiger partial charge in [-0.3, -0.25) is 4.98 Å². The molecule has 0 aromatic carbocycles. The minimum Gasteiger partial charge on any atom is -0.373 e. The van der Waals surface area contributed by atoms with Crippen molar-refractivity contribution in [3.8, 4) is 11.4 Å². The first-order valence-electron chi connectivity index (χ1n) is 9.02. The van der Waals surface area contributed by atoms with Crippen LogP contribution in [0.25, 0.3) is 11.4 Å². The molecule has 2 aliphatic rings. The summed E-state index contributed by atoms with van der Waals surface area (Å²) in [7, 11) is 4.18. The number of ether oxygens (including phenoxy) is 1. The predicted octanol–water partition coefficient (Wildman–Crippen LogP) is 1.79. The second kappa shape index (κ2) is 7.06. The van der Waals surface area contributed by atoms with Gasteiger partial charge in [-0.25, -0.2) is 9.97 Å². The Morgan fingerprint density at radius 2 is 2.04 bits per heavy atom. The van der Waals surface area contributed by atoms with Gasteiger partial charge in [-0.05, 0) is 45.5 Å². The van der Waals surface area contributed by atoms with Crippen molar-refractivity contribution in [3.05, 3.63) is 35.8 Å². The molecule has 25 heavy (non-hydrogen) atoms. The molecule has 4 rings (SSSR count). The van der Waals surface area contributed by atoms with E-state index < -0.39 is 0 Å². The number of rotatable bonds is 4. The largest absolute Gasteiger partial charge is 0.373 e. The molecule has 1 fully saturated rings. The van der Waals surface area contributed by atoms with E-state index in [0.29, 0.717) is 0 Å². The number of morpholine rings is 1. The van der Waals surface area contributed by atoms with Crippen LogP contribution in [0.2, 0.25) is 0 Å². The quantitative estimate of drug-likeness (QED) is 0.847. The molecular weight excluding hydrogens is 314 g/mol. The Balaban J connectivity index is 1.68. The molecule has 0 bridgehead atoms. The lowest BCUT2D eigenvalue weighted by Crippen LogP contribution is -2.47. The van der Waals surface area contributed by atoms with Crippen LogP contribution in [-0.2, 0) is 17.6 Å². The molecule has 1 aliphatic carbocycles. The maximum absolute atomic E-state index is 5.94. The van der Waals surface area contributed by atoms with Gasteiger partial charge in [0, 0.05) is 48.8 Å². The van der Waals surface area contributed by atoms with Crippen molar-refractivity contribution in [2.24, 2.45) is 0 Å². The maximum atomic E-state index is 5.94. The third-order valence-corrected chi connectivity index (χ3v) is 4.86. The van der Waals surface area contributed by atoms with E-state index >= 15 is 0 Å². The van der Waals surface area contributed by atoms with Gasteiger partial charge in [0.2, 0.25) is 0 Å². The van der Waals surface area contributed by atoms with Crippen LogP contribution in [0, 0.1) is 0 Å². The average Bonchev–Trinajstić information content (AvgIpc) is 3.10. The Morgan fingerprint density at radius 1 is 1.20 bits per heavy atom. The Labute approximate surface area is 148 Å². The fraction of sp³-hybridized carbons (Fsp3) is 0.526. The number of hydrogen-bond donors (Lipinski definition) is 0. The minimum absolute atomic E-state index is 0.222. The molecule has 0 saturated carbocycles. The van der Waals surface area contributed by atoms with Crippen molar-refractivity contribution in [3.63, 3.8) is 0 Å². The molecule has 0 radical (unpaired) electrons. The number of fused-ring (bicyclic) bond motifs is 1. The van der Waals surface area contributed by atoms with Crippen LogP contribution in [0.15, 0.2) is 24.5 Å². The van der Waals surface area contributed by atoms with Crippen molar-refractivity contribution in [1.82, 2.24) is 19.9 Å². The highest BCUT2D eigenvalue weighted by atomic mass is 16.5. The van der Waals surface area contributed by atoms with Crippen LogP contribution >= 0.6 is 0 Å². The van der Waals surface area contributed by atoms with Crippen LogP contribution < -0.4 is 4.90 Å². The van der Waals surface area contributed by atoms with Gasteiger partial charge in [-0.2, -0.15) is 0 Å². The first kappa shape index (κ1) is 16.4. The van der Waals surface area contributed by atoms with Gasteiger partial charge < -0.3 is 14.5 Å². The molecule has 1 saturated heterocycles. The molecule has 0 spiro atoms. The van der Waals surface area contributed by atoms with Crippen LogP contribution in [0.3, 0.4) is 0 Å². The normalized spacial score (nSPS) is 20.1. The number of likely N-dealkylation sites (N-methyl/N-ethyl adjacent to an activating group) is 1. The lowest BCUT2D eigenvalue weighted by Gasteiger charge is -2.35. The van der Waals surface area contributed by atoms with E-state index in [9.17, 15) is 0 Å². The van der Waals surface area contributed by atoms with Crippen molar-refractivity contribution >= 4 is 5.82 Å². The second-order valence-corrected chi connectivity index (χ2v) is 7.09. The monoisotopic (exact) mass is 339 g/mol. The molecule has 3 heterocycles. The summed E-state index contributed by atoms with van der Waals surface area (Å²) in [5.41, 5.74) is 3.58. The van der Waals surface area contributed by atoms with E-state index in [-0.39, 0.29) is 6.10 Å².